The maximum absolute atomic E-state index is 7.25. The first-order chi connectivity index (χ1) is 8.88. The van der Waals surface area contributed by atoms with Gasteiger partial charge in [0.2, 0.25) is 0 Å². The van der Waals surface area contributed by atoms with Gasteiger partial charge in [-0.05, 0) is 18.2 Å². The van der Waals surface area contributed by atoms with Crippen molar-refractivity contribution in [3.63, 3.8) is 0 Å². The van der Waals surface area contributed by atoms with E-state index >= 15 is 0 Å². The van der Waals surface area contributed by atoms with E-state index in [0.29, 0.717) is 0 Å². The molecule has 18 heavy (non-hydrogen) atoms. The smallest absolute Gasteiger partial charge is 0.0659 e. The number of aromatic amines is 1. The molecule has 0 amide bonds. The van der Waals surface area contributed by atoms with Gasteiger partial charge in [0.15, 0.2) is 0 Å². The number of H-pyrrole nitrogens is 1. The number of allylic oxidation sites excluding steroid dienone is 1. The predicted octanol–water partition coefficient (Wildman–Crippen LogP) is 3.13. The van der Waals surface area contributed by atoms with Gasteiger partial charge in [-0.3, -0.25) is 4.98 Å². The van der Waals surface area contributed by atoms with Crippen molar-refractivity contribution in [1.29, 1.82) is 5.41 Å². The first-order valence-corrected chi connectivity index (χ1v) is 5.75. The van der Waals surface area contributed by atoms with Crippen LogP contribution >= 0.6 is 0 Å². The molecule has 4 heteroatoms. The lowest BCUT2D eigenvalue weighted by Gasteiger charge is -2.18. The molecule has 2 aromatic heterocycles. The molecular weight excluding hydrogens is 224 g/mol. The number of aromatic nitrogens is 2. The van der Waals surface area contributed by atoms with Gasteiger partial charge >= 0.3 is 0 Å². The third-order valence-corrected chi connectivity index (χ3v) is 3.34. The van der Waals surface area contributed by atoms with Gasteiger partial charge in [-0.25, -0.2) is 0 Å². The number of hydrogen-bond acceptors (Lipinski definition) is 3. The summed E-state index contributed by atoms with van der Waals surface area (Å²) in [5.74, 6) is 0. The zero-order valence-electron chi connectivity index (χ0n) is 9.49. The van der Waals surface area contributed by atoms with E-state index in [-0.39, 0.29) is 0 Å². The van der Waals surface area contributed by atoms with Crippen LogP contribution in [-0.4, -0.2) is 16.2 Å². The molecular formula is C14H10N4. The van der Waals surface area contributed by atoms with Gasteiger partial charge in [-0.15, -0.1) is 0 Å². The summed E-state index contributed by atoms with van der Waals surface area (Å²) in [5.41, 5.74) is 5.18. The number of benzene rings is 1. The highest BCUT2D eigenvalue weighted by molar-refractivity contribution is 6.21. The normalized spacial score (nSPS) is 15.4. The molecule has 3 aromatic rings. The van der Waals surface area contributed by atoms with Crippen LogP contribution in [0.3, 0.4) is 0 Å². The Morgan fingerprint density at radius 1 is 1.11 bits per heavy atom. The van der Waals surface area contributed by atoms with E-state index in [0.717, 1.165) is 28.0 Å². The first-order valence-electron chi connectivity index (χ1n) is 5.75. The number of anilines is 1. The van der Waals surface area contributed by atoms with E-state index in [1.54, 1.807) is 6.08 Å². The van der Waals surface area contributed by atoms with Gasteiger partial charge in [-0.2, -0.15) is 0 Å². The van der Waals surface area contributed by atoms with E-state index in [2.05, 4.69) is 27.4 Å². The van der Waals surface area contributed by atoms with E-state index in [9.17, 15) is 0 Å². The zero-order chi connectivity index (χ0) is 12.1. The van der Waals surface area contributed by atoms with Crippen molar-refractivity contribution < 1.29 is 0 Å². The Bertz CT molecular complexity index is 826. The molecule has 0 fully saturated rings. The van der Waals surface area contributed by atoms with Crippen molar-refractivity contribution in [1.82, 2.24) is 9.97 Å². The highest BCUT2D eigenvalue weighted by Crippen LogP contribution is 2.40. The second-order valence-electron chi connectivity index (χ2n) is 4.33. The SMILES string of the molecule is N=C/C=C1\Nc2cccc3[nH]c4cncc1c4c23. The van der Waals surface area contributed by atoms with Gasteiger partial charge in [0.05, 0.1) is 11.7 Å². The first kappa shape index (κ1) is 9.41. The van der Waals surface area contributed by atoms with E-state index in [1.165, 1.54) is 17.0 Å². The largest absolute Gasteiger partial charge is 0.354 e. The van der Waals surface area contributed by atoms with Gasteiger partial charge in [0.1, 0.15) is 0 Å². The van der Waals surface area contributed by atoms with Crippen molar-refractivity contribution in [2.24, 2.45) is 0 Å². The highest BCUT2D eigenvalue weighted by atomic mass is 14.9. The lowest BCUT2D eigenvalue weighted by molar-refractivity contribution is 1.33. The van der Waals surface area contributed by atoms with Crippen molar-refractivity contribution in [2.75, 3.05) is 5.32 Å². The van der Waals surface area contributed by atoms with Gasteiger partial charge < -0.3 is 15.7 Å². The molecule has 0 saturated carbocycles. The van der Waals surface area contributed by atoms with Crippen LogP contribution < -0.4 is 5.32 Å². The molecule has 86 valence electrons. The molecule has 4 nitrogen and oxygen atoms in total. The molecule has 3 heterocycles. The summed E-state index contributed by atoms with van der Waals surface area (Å²) in [6, 6.07) is 6.13. The molecule has 1 aromatic carbocycles. The Balaban J connectivity index is 2.29. The van der Waals surface area contributed by atoms with Gasteiger partial charge in [0.25, 0.3) is 0 Å². The van der Waals surface area contributed by atoms with Crippen LogP contribution in [0, 0.1) is 5.41 Å². The Morgan fingerprint density at radius 2 is 2.06 bits per heavy atom. The summed E-state index contributed by atoms with van der Waals surface area (Å²) in [6.45, 7) is 0. The predicted molar refractivity (Wildman–Crippen MR) is 74.0 cm³/mol. The fourth-order valence-corrected chi connectivity index (χ4v) is 2.63. The fourth-order valence-electron chi connectivity index (χ4n) is 2.63. The minimum Gasteiger partial charge on any atom is -0.354 e. The highest BCUT2D eigenvalue weighted by Gasteiger charge is 2.19. The van der Waals surface area contributed by atoms with E-state index < -0.39 is 0 Å². The summed E-state index contributed by atoms with van der Waals surface area (Å²) < 4.78 is 0. The van der Waals surface area contributed by atoms with Crippen molar-refractivity contribution in [2.45, 2.75) is 0 Å². The quantitative estimate of drug-likeness (QED) is 0.566. The Hall–Kier alpha value is -2.62. The van der Waals surface area contributed by atoms with E-state index in [1.807, 2.05) is 18.5 Å². The standard InChI is InChI=1S/C14H10N4/c15-5-4-9-8-6-16-7-12-13(8)14-10(17-9)2-1-3-11(14)18-12/h1-7,15,17-18H/b9-4-,15-5?. The molecule has 0 aliphatic carbocycles. The second kappa shape index (κ2) is 3.20. The fraction of sp³-hybridized carbons (Fsp3) is 0. The molecule has 0 spiro atoms. The van der Waals surface area contributed by atoms with Crippen LogP contribution in [0.5, 0.6) is 0 Å². The molecule has 1 aliphatic heterocycles. The number of nitrogens with zero attached hydrogens (tertiary/aromatic N) is 1. The van der Waals surface area contributed by atoms with Gasteiger partial charge in [0, 0.05) is 45.6 Å². The number of pyridine rings is 1. The minimum atomic E-state index is 0.919. The summed E-state index contributed by atoms with van der Waals surface area (Å²) in [7, 11) is 0. The van der Waals surface area contributed by atoms with Crippen LogP contribution in [-0.2, 0) is 0 Å². The van der Waals surface area contributed by atoms with Crippen LogP contribution in [0.2, 0.25) is 0 Å². The average Bonchev–Trinajstić information content (AvgIpc) is 2.77. The van der Waals surface area contributed by atoms with Crippen molar-refractivity contribution in [3.8, 4) is 0 Å². The van der Waals surface area contributed by atoms with Crippen molar-refractivity contribution >= 4 is 39.4 Å². The molecule has 1 aliphatic rings. The third-order valence-electron chi connectivity index (χ3n) is 3.34. The number of hydrogen-bond donors (Lipinski definition) is 3. The average molecular weight is 234 g/mol. The van der Waals surface area contributed by atoms with Crippen LogP contribution in [0.1, 0.15) is 5.56 Å². The lowest BCUT2D eigenvalue weighted by Crippen LogP contribution is -2.04. The monoisotopic (exact) mass is 234 g/mol. The number of rotatable bonds is 1. The Morgan fingerprint density at radius 3 is 2.94 bits per heavy atom. The number of nitrogens with one attached hydrogen (secondary N) is 3. The molecule has 0 atom stereocenters. The van der Waals surface area contributed by atoms with Crippen LogP contribution in [0.4, 0.5) is 5.69 Å². The summed E-state index contributed by atoms with van der Waals surface area (Å²) in [4.78, 5) is 7.63. The maximum atomic E-state index is 7.25. The Labute approximate surface area is 103 Å². The molecule has 0 bridgehead atoms. The molecule has 4 rings (SSSR count). The summed E-state index contributed by atoms with van der Waals surface area (Å²) in [6.07, 6.45) is 6.73. The third kappa shape index (κ3) is 1.04. The molecule has 0 radical (unpaired) electrons. The molecule has 0 saturated heterocycles. The van der Waals surface area contributed by atoms with Crippen LogP contribution in [0.15, 0.2) is 36.7 Å². The maximum Gasteiger partial charge on any atom is 0.0659 e. The lowest BCUT2D eigenvalue weighted by atomic mass is 10.0. The minimum absolute atomic E-state index is 0.919. The Kier molecular flexibility index (Phi) is 1.67. The van der Waals surface area contributed by atoms with Crippen molar-refractivity contribution in [3.05, 3.63) is 42.2 Å². The zero-order valence-corrected chi connectivity index (χ0v) is 9.49. The summed E-state index contributed by atoms with van der Waals surface area (Å²) in [5, 5.41) is 13.0. The topological polar surface area (TPSA) is 64.6 Å². The summed E-state index contributed by atoms with van der Waals surface area (Å²) >= 11 is 0. The second-order valence-corrected chi connectivity index (χ2v) is 4.33. The van der Waals surface area contributed by atoms with Crippen LogP contribution in [0.25, 0.3) is 27.5 Å². The molecule has 0 unspecified atom stereocenters. The van der Waals surface area contributed by atoms with E-state index in [4.69, 9.17) is 5.41 Å². The molecule has 3 N–H and O–H groups in total. The van der Waals surface area contributed by atoms with Gasteiger partial charge in [-0.1, -0.05) is 6.07 Å².